The van der Waals surface area contributed by atoms with E-state index >= 15 is 0 Å². The highest BCUT2D eigenvalue weighted by Gasteiger charge is 2.04. The highest BCUT2D eigenvalue weighted by atomic mass is 35.5. The monoisotopic (exact) mass is 409 g/mol. The highest BCUT2D eigenvalue weighted by Crippen LogP contribution is 2.22. The first kappa shape index (κ1) is 20.0. The van der Waals surface area contributed by atoms with Gasteiger partial charge in [0.15, 0.2) is 5.17 Å². The number of nitrogens with zero attached hydrogens (tertiary/aromatic N) is 2. The molecule has 0 atom stereocenters. The molecule has 3 aromatic rings. The van der Waals surface area contributed by atoms with Crippen molar-refractivity contribution in [3.05, 3.63) is 101 Å². The minimum absolute atomic E-state index is 0.397. The Kier molecular flexibility index (Phi) is 7.53. The number of hydrogen-bond donors (Lipinski definition) is 1. The molecule has 3 rings (SSSR count). The van der Waals surface area contributed by atoms with E-state index in [1.807, 2.05) is 66.7 Å². The highest BCUT2D eigenvalue weighted by molar-refractivity contribution is 8.13. The van der Waals surface area contributed by atoms with Crippen LogP contribution in [0.3, 0.4) is 0 Å². The van der Waals surface area contributed by atoms with Crippen molar-refractivity contribution in [1.29, 1.82) is 0 Å². The van der Waals surface area contributed by atoms with Crippen LogP contribution in [0.15, 0.2) is 89.1 Å². The Balaban J connectivity index is 1.62. The van der Waals surface area contributed by atoms with Crippen LogP contribution in [-0.2, 0) is 12.4 Å². The summed E-state index contributed by atoms with van der Waals surface area (Å²) in [5.41, 5.74) is 8.94. The summed E-state index contributed by atoms with van der Waals surface area (Å²) in [6.45, 7) is 0.460. The molecule has 0 saturated heterocycles. The van der Waals surface area contributed by atoms with E-state index in [2.05, 4.69) is 10.2 Å². The molecular formula is C22H20ClN3OS. The molecule has 0 aromatic heterocycles. The van der Waals surface area contributed by atoms with Gasteiger partial charge < -0.3 is 10.5 Å². The summed E-state index contributed by atoms with van der Waals surface area (Å²) >= 11 is 7.55. The molecule has 0 fully saturated rings. The molecule has 2 N–H and O–H groups in total. The Hall–Kier alpha value is -2.76. The molecule has 142 valence electrons. The summed E-state index contributed by atoms with van der Waals surface area (Å²) in [7, 11) is 0. The van der Waals surface area contributed by atoms with Crippen molar-refractivity contribution in [1.82, 2.24) is 0 Å². The van der Waals surface area contributed by atoms with Crippen molar-refractivity contribution < 1.29 is 4.74 Å². The average molecular weight is 410 g/mol. The second-order valence-electron chi connectivity index (χ2n) is 5.91. The van der Waals surface area contributed by atoms with Crippen molar-refractivity contribution in [2.75, 3.05) is 0 Å². The predicted molar refractivity (Wildman–Crippen MR) is 119 cm³/mol. The normalized spacial score (nSPS) is 11.7. The summed E-state index contributed by atoms with van der Waals surface area (Å²) in [6, 6.07) is 25.4. The molecule has 0 bridgehead atoms. The van der Waals surface area contributed by atoms with Gasteiger partial charge in [-0.3, -0.25) is 0 Å². The Morgan fingerprint density at radius 1 is 0.964 bits per heavy atom. The number of rotatable bonds is 7. The average Bonchev–Trinajstić information content (AvgIpc) is 2.73. The van der Waals surface area contributed by atoms with Crippen LogP contribution < -0.4 is 10.5 Å². The number of amidine groups is 1. The van der Waals surface area contributed by atoms with Crippen LogP contribution in [0.4, 0.5) is 0 Å². The smallest absolute Gasteiger partial charge is 0.180 e. The third kappa shape index (κ3) is 6.44. The van der Waals surface area contributed by atoms with E-state index in [1.54, 1.807) is 18.3 Å². The van der Waals surface area contributed by atoms with Crippen molar-refractivity contribution >= 4 is 34.7 Å². The van der Waals surface area contributed by atoms with E-state index in [1.165, 1.54) is 17.3 Å². The zero-order valence-corrected chi connectivity index (χ0v) is 16.7. The van der Waals surface area contributed by atoms with E-state index in [9.17, 15) is 0 Å². The van der Waals surface area contributed by atoms with Gasteiger partial charge in [-0.2, -0.15) is 5.10 Å². The summed E-state index contributed by atoms with van der Waals surface area (Å²) in [5, 5.41) is 9.14. The van der Waals surface area contributed by atoms with Crippen LogP contribution in [0.25, 0.3) is 0 Å². The second-order valence-corrected chi connectivity index (χ2v) is 7.35. The van der Waals surface area contributed by atoms with Crippen molar-refractivity contribution in [2.45, 2.75) is 12.4 Å². The summed E-state index contributed by atoms with van der Waals surface area (Å²) in [5.74, 6) is 1.43. The van der Waals surface area contributed by atoms with Crippen LogP contribution in [-0.4, -0.2) is 11.4 Å². The van der Waals surface area contributed by atoms with Crippen molar-refractivity contribution in [3.63, 3.8) is 0 Å². The van der Waals surface area contributed by atoms with Crippen LogP contribution in [0, 0.1) is 0 Å². The minimum atomic E-state index is 0.397. The van der Waals surface area contributed by atoms with Gasteiger partial charge in [-0.15, -0.1) is 5.10 Å². The third-order valence-corrected chi connectivity index (χ3v) is 4.88. The maximum Gasteiger partial charge on any atom is 0.180 e. The maximum absolute atomic E-state index is 6.11. The molecule has 0 amide bonds. The molecule has 0 spiro atoms. The van der Waals surface area contributed by atoms with Gasteiger partial charge in [0.05, 0.1) is 6.21 Å². The first-order chi connectivity index (χ1) is 13.7. The molecule has 3 aromatic carbocycles. The lowest BCUT2D eigenvalue weighted by Gasteiger charge is -2.09. The fraction of sp³-hybridized carbons (Fsp3) is 0.0909. The second kappa shape index (κ2) is 10.5. The zero-order valence-electron chi connectivity index (χ0n) is 15.2. The van der Waals surface area contributed by atoms with Crippen LogP contribution in [0.5, 0.6) is 5.75 Å². The lowest BCUT2D eigenvalue weighted by atomic mass is 10.2. The van der Waals surface area contributed by atoms with Gasteiger partial charge in [-0.05, 0) is 29.3 Å². The van der Waals surface area contributed by atoms with Gasteiger partial charge in [-0.25, -0.2) is 0 Å². The molecule has 0 heterocycles. The van der Waals surface area contributed by atoms with Gasteiger partial charge in [0.2, 0.25) is 0 Å². The van der Waals surface area contributed by atoms with E-state index in [0.29, 0.717) is 22.5 Å². The number of ether oxygens (including phenoxy) is 1. The molecular weight excluding hydrogens is 390 g/mol. The Labute approximate surface area is 174 Å². The number of nitrogens with two attached hydrogens (primary N) is 1. The molecule has 6 heteroatoms. The SMILES string of the molecule is NC(=NN=Cc1cc(Cl)ccc1OCc1ccccc1)SCc1ccccc1. The lowest BCUT2D eigenvalue weighted by molar-refractivity contribution is 0.306. The van der Waals surface area contributed by atoms with Gasteiger partial charge in [0.25, 0.3) is 0 Å². The van der Waals surface area contributed by atoms with E-state index in [4.69, 9.17) is 22.1 Å². The molecule has 0 radical (unpaired) electrons. The molecule has 0 aliphatic rings. The Bertz CT molecular complexity index is 947. The number of benzene rings is 3. The quantitative estimate of drug-likeness (QED) is 0.318. The van der Waals surface area contributed by atoms with Gasteiger partial charge in [0, 0.05) is 16.3 Å². The standard InChI is InChI=1S/C22H20ClN3OS/c23-20-11-12-21(27-15-17-7-3-1-4-8-17)19(13-20)14-25-26-22(24)28-16-18-9-5-2-6-10-18/h1-14H,15-16H2,(H2,24,26). The van der Waals surface area contributed by atoms with Crippen molar-refractivity contribution in [3.8, 4) is 5.75 Å². The maximum atomic E-state index is 6.11. The van der Waals surface area contributed by atoms with E-state index in [-0.39, 0.29) is 0 Å². The van der Waals surface area contributed by atoms with Gasteiger partial charge >= 0.3 is 0 Å². The molecule has 0 unspecified atom stereocenters. The molecule has 28 heavy (non-hydrogen) atoms. The van der Waals surface area contributed by atoms with E-state index in [0.717, 1.165) is 16.9 Å². The topological polar surface area (TPSA) is 60.0 Å². The molecule has 0 aliphatic heterocycles. The van der Waals surface area contributed by atoms with Crippen LogP contribution in [0.1, 0.15) is 16.7 Å². The molecule has 0 saturated carbocycles. The number of hydrogen-bond acceptors (Lipinski definition) is 4. The summed E-state index contributed by atoms with van der Waals surface area (Å²) in [6.07, 6.45) is 1.60. The van der Waals surface area contributed by atoms with Crippen LogP contribution in [0.2, 0.25) is 5.02 Å². The number of halogens is 1. The fourth-order valence-electron chi connectivity index (χ4n) is 2.40. The fourth-order valence-corrected chi connectivity index (χ4v) is 3.19. The van der Waals surface area contributed by atoms with Gasteiger partial charge in [0.1, 0.15) is 12.4 Å². The Morgan fingerprint density at radius 2 is 1.64 bits per heavy atom. The van der Waals surface area contributed by atoms with E-state index < -0.39 is 0 Å². The van der Waals surface area contributed by atoms with Gasteiger partial charge in [-0.1, -0.05) is 84.0 Å². The molecule has 4 nitrogen and oxygen atoms in total. The third-order valence-electron chi connectivity index (χ3n) is 3.79. The predicted octanol–water partition coefficient (Wildman–Crippen LogP) is 5.50. The first-order valence-electron chi connectivity index (χ1n) is 8.70. The van der Waals surface area contributed by atoms with Crippen LogP contribution >= 0.6 is 23.4 Å². The minimum Gasteiger partial charge on any atom is -0.488 e. The zero-order chi connectivity index (χ0) is 19.6. The summed E-state index contributed by atoms with van der Waals surface area (Å²) < 4.78 is 5.91. The summed E-state index contributed by atoms with van der Waals surface area (Å²) in [4.78, 5) is 0. The number of thioether (sulfide) groups is 1. The largest absolute Gasteiger partial charge is 0.488 e. The first-order valence-corrected chi connectivity index (χ1v) is 10.1. The molecule has 0 aliphatic carbocycles. The van der Waals surface area contributed by atoms with Crippen molar-refractivity contribution in [2.24, 2.45) is 15.9 Å². The lowest BCUT2D eigenvalue weighted by Crippen LogP contribution is -2.06. The Morgan fingerprint density at radius 3 is 2.36 bits per heavy atom.